The van der Waals surface area contributed by atoms with Crippen molar-refractivity contribution in [2.75, 3.05) is 0 Å². The molecule has 0 radical (unpaired) electrons. The van der Waals surface area contributed by atoms with Crippen molar-refractivity contribution in [2.45, 2.75) is 0 Å². The minimum atomic E-state index is 0.609. The normalized spacial score (nSPS) is 11.5. The molecule has 4 aromatic heterocycles. The molecule has 0 aliphatic rings. The number of rotatable bonds is 7. The van der Waals surface area contributed by atoms with Crippen molar-refractivity contribution < 1.29 is 0 Å². The van der Waals surface area contributed by atoms with Crippen LogP contribution in [-0.2, 0) is 0 Å². The lowest BCUT2D eigenvalue weighted by Gasteiger charge is -2.11. The fourth-order valence-corrected chi connectivity index (χ4v) is 9.56. The molecule has 0 spiro atoms. The Labute approximate surface area is 360 Å². The lowest BCUT2D eigenvalue weighted by Crippen LogP contribution is -2.00. The van der Waals surface area contributed by atoms with Crippen LogP contribution in [0.15, 0.2) is 200 Å². The molecule has 0 bridgehead atoms. The van der Waals surface area contributed by atoms with Crippen LogP contribution in [0.4, 0.5) is 0 Å². The zero-order valence-electron chi connectivity index (χ0n) is 33.1. The Hall–Kier alpha value is -8.20. The van der Waals surface area contributed by atoms with E-state index >= 15 is 0 Å². The molecule has 0 aliphatic heterocycles. The summed E-state index contributed by atoms with van der Waals surface area (Å²) in [6, 6.07) is 68.8. The second-order valence-corrected chi connectivity index (χ2v) is 16.2. The van der Waals surface area contributed by atoms with Crippen LogP contribution < -0.4 is 0 Å². The molecule has 0 saturated carbocycles. The fourth-order valence-electron chi connectivity index (χ4n) is 8.39. The Morgan fingerprint density at radius 1 is 0.306 bits per heavy atom. The lowest BCUT2D eigenvalue weighted by molar-refractivity contribution is 1.07. The van der Waals surface area contributed by atoms with Crippen molar-refractivity contribution >= 4 is 53.3 Å². The van der Waals surface area contributed by atoms with Gasteiger partial charge in [0.1, 0.15) is 0 Å². The molecule has 8 heteroatoms. The van der Waals surface area contributed by atoms with E-state index in [4.69, 9.17) is 29.9 Å². The minimum absolute atomic E-state index is 0.609. The van der Waals surface area contributed by atoms with E-state index in [0.717, 1.165) is 59.2 Å². The maximum atomic E-state index is 5.14. The number of hydrogen-bond donors (Lipinski definition) is 0. The molecule has 0 unspecified atom stereocenters. The smallest absolute Gasteiger partial charge is 0.164 e. The summed E-state index contributed by atoms with van der Waals surface area (Å²) in [5.74, 6) is 3.74. The average Bonchev–Trinajstić information content (AvgIpc) is 3.90. The third-order valence-electron chi connectivity index (χ3n) is 11.3. The third kappa shape index (κ3) is 6.20. The first kappa shape index (κ1) is 35.7. The number of para-hydroxylation sites is 2. The molecule has 62 heavy (non-hydrogen) atoms. The van der Waals surface area contributed by atoms with Gasteiger partial charge in [0, 0.05) is 70.0 Å². The van der Waals surface area contributed by atoms with Gasteiger partial charge in [-0.3, -0.25) is 0 Å². The number of aromatic nitrogens is 7. The van der Waals surface area contributed by atoms with Crippen LogP contribution in [0.5, 0.6) is 0 Å². The van der Waals surface area contributed by atoms with Gasteiger partial charge < -0.3 is 4.57 Å². The second kappa shape index (κ2) is 14.8. The molecule has 12 aromatic rings. The Bertz CT molecular complexity index is 3510. The van der Waals surface area contributed by atoms with Gasteiger partial charge in [-0.1, -0.05) is 152 Å². The highest BCUT2D eigenvalue weighted by molar-refractivity contribution is 7.26. The zero-order chi connectivity index (χ0) is 41.0. The summed E-state index contributed by atoms with van der Waals surface area (Å²) >= 11 is 1.74. The molecular weight excluding hydrogens is 779 g/mol. The quantitative estimate of drug-likeness (QED) is 0.159. The first-order valence-corrected chi connectivity index (χ1v) is 21.3. The van der Waals surface area contributed by atoms with Crippen molar-refractivity contribution in [1.29, 1.82) is 0 Å². The summed E-state index contributed by atoms with van der Waals surface area (Å²) in [5.41, 5.74) is 8.98. The van der Waals surface area contributed by atoms with Crippen LogP contribution in [0.1, 0.15) is 0 Å². The lowest BCUT2D eigenvalue weighted by atomic mass is 10.0. The van der Waals surface area contributed by atoms with Gasteiger partial charge in [0.2, 0.25) is 0 Å². The predicted molar refractivity (Wildman–Crippen MR) is 253 cm³/mol. The van der Waals surface area contributed by atoms with E-state index in [-0.39, 0.29) is 0 Å². The molecule has 4 heterocycles. The van der Waals surface area contributed by atoms with E-state index in [1.54, 1.807) is 11.3 Å². The van der Waals surface area contributed by atoms with Crippen LogP contribution in [-0.4, -0.2) is 34.5 Å². The Kier molecular flexibility index (Phi) is 8.53. The van der Waals surface area contributed by atoms with Crippen molar-refractivity contribution in [2.24, 2.45) is 0 Å². The highest BCUT2D eigenvalue weighted by atomic mass is 32.1. The van der Waals surface area contributed by atoms with E-state index < -0.39 is 0 Å². The first-order chi connectivity index (χ1) is 30.7. The van der Waals surface area contributed by atoms with Crippen LogP contribution in [0.3, 0.4) is 0 Å². The van der Waals surface area contributed by atoms with Gasteiger partial charge in [-0.2, -0.15) is 0 Å². The Morgan fingerprint density at radius 2 is 0.742 bits per heavy atom. The largest absolute Gasteiger partial charge is 0.309 e. The molecule has 0 atom stereocenters. The van der Waals surface area contributed by atoms with E-state index in [9.17, 15) is 0 Å². The summed E-state index contributed by atoms with van der Waals surface area (Å²) < 4.78 is 4.58. The van der Waals surface area contributed by atoms with E-state index in [0.29, 0.717) is 34.9 Å². The van der Waals surface area contributed by atoms with Gasteiger partial charge in [0.15, 0.2) is 34.9 Å². The van der Waals surface area contributed by atoms with Crippen molar-refractivity contribution in [1.82, 2.24) is 34.5 Å². The topological polar surface area (TPSA) is 82.3 Å². The van der Waals surface area contributed by atoms with Crippen LogP contribution in [0, 0.1) is 0 Å². The van der Waals surface area contributed by atoms with E-state index in [1.165, 1.54) is 21.8 Å². The molecule has 290 valence electrons. The highest BCUT2D eigenvalue weighted by Gasteiger charge is 2.19. The molecule has 0 fully saturated rings. The summed E-state index contributed by atoms with van der Waals surface area (Å²) in [4.78, 5) is 30.4. The molecular formula is C54H33N7S. The summed E-state index contributed by atoms with van der Waals surface area (Å²) in [5, 5.41) is 4.68. The maximum absolute atomic E-state index is 5.14. The van der Waals surface area contributed by atoms with Crippen molar-refractivity contribution in [3.8, 4) is 74.0 Å². The van der Waals surface area contributed by atoms with Gasteiger partial charge in [0.25, 0.3) is 0 Å². The second-order valence-electron chi connectivity index (χ2n) is 15.1. The monoisotopic (exact) mass is 811 g/mol. The van der Waals surface area contributed by atoms with Crippen LogP contribution in [0.2, 0.25) is 0 Å². The minimum Gasteiger partial charge on any atom is -0.309 e. The third-order valence-corrected chi connectivity index (χ3v) is 12.4. The molecule has 7 nitrogen and oxygen atoms in total. The fraction of sp³-hybridized carbons (Fsp3) is 0. The number of fused-ring (bicyclic) bond motifs is 6. The number of hydrogen-bond acceptors (Lipinski definition) is 7. The summed E-state index contributed by atoms with van der Waals surface area (Å²) in [7, 11) is 0. The SMILES string of the molecule is c1ccc(-c2nc(-c3ccc(-n4c5ccccc5c5ccccc54)cc3)nc(-c3ccc4c(c3)sc3cccc(-c5nc(-c6ccccc6)nc(-c6ccccc6)n5)c34)n2)cc1. The van der Waals surface area contributed by atoms with Gasteiger partial charge in [-0.25, -0.2) is 29.9 Å². The van der Waals surface area contributed by atoms with Crippen LogP contribution in [0.25, 0.3) is 116 Å². The standard InChI is InChI=1S/C54H33N7S/c1-4-15-34(16-5-1)49-55-52(37-27-30-39(31-28-37)61-44-24-12-10-21-40(44)41-22-11-13-25-45(41)61)58-53(57-49)38-29-32-42-47(33-38)62-46-26-14-23-43(48(42)46)54-59-50(35-17-6-2-7-18-35)56-51(60-54)36-19-8-3-9-20-36/h1-33H. The predicted octanol–water partition coefficient (Wildman–Crippen LogP) is 13.5. The number of benzene rings is 8. The van der Waals surface area contributed by atoms with Gasteiger partial charge in [-0.05, 0) is 48.5 Å². The number of thiophene rings is 1. The highest BCUT2D eigenvalue weighted by Crippen LogP contribution is 2.41. The molecule has 12 rings (SSSR count). The molecule has 0 saturated heterocycles. The Balaban J connectivity index is 0.970. The maximum Gasteiger partial charge on any atom is 0.164 e. The Morgan fingerprint density at radius 3 is 1.27 bits per heavy atom. The summed E-state index contributed by atoms with van der Waals surface area (Å²) in [6.45, 7) is 0. The van der Waals surface area contributed by atoms with Gasteiger partial charge in [0.05, 0.1) is 11.0 Å². The van der Waals surface area contributed by atoms with Gasteiger partial charge >= 0.3 is 0 Å². The van der Waals surface area contributed by atoms with Crippen molar-refractivity contribution in [3.63, 3.8) is 0 Å². The first-order valence-electron chi connectivity index (χ1n) is 20.5. The van der Waals surface area contributed by atoms with Gasteiger partial charge in [-0.15, -0.1) is 11.3 Å². The zero-order valence-corrected chi connectivity index (χ0v) is 33.9. The molecule has 8 aromatic carbocycles. The van der Waals surface area contributed by atoms with E-state index in [1.807, 2.05) is 91.0 Å². The number of nitrogens with zero attached hydrogens (tertiary/aromatic N) is 7. The van der Waals surface area contributed by atoms with Crippen LogP contribution >= 0.6 is 11.3 Å². The molecule has 0 N–H and O–H groups in total. The molecule has 0 amide bonds. The van der Waals surface area contributed by atoms with E-state index in [2.05, 4.69) is 114 Å². The molecule has 0 aliphatic carbocycles. The average molecular weight is 812 g/mol. The van der Waals surface area contributed by atoms with Crippen molar-refractivity contribution in [3.05, 3.63) is 200 Å². The summed E-state index contributed by atoms with van der Waals surface area (Å²) in [6.07, 6.45) is 0.